The van der Waals surface area contributed by atoms with E-state index in [1.807, 2.05) is 14.1 Å². The summed E-state index contributed by atoms with van der Waals surface area (Å²) in [4.78, 5) is 0. The third kappa shape index (κ3) is 3.07. The molecule has 0 bridgehead atoms. The molecule has 3 aliphatic rings. The molecule has 150 valence electrons. The standard InChI is InChI=1S/C22H38N2O2/c1-15-8-9-16-20(4,24-7)12-10-17(22(16,25)14-15)21(5)13-11-18(26-21)19(2,3)23-6/h14,16-18,25H,8-13H2,1-7H3/q-2/t16-,17+,18-,20-,21+,22+/m0/s1. The second-order valence-electron chi connectivity index (χ2n) is 9.98. The van der Waals surface area contributed by atoms with Crippen LogP contribution < -0.4 is 0 Å². The van der Waals surface area contributed by atoms with Crippen LogP contribution in [0.1, 0.15) is 73.1 Å². The summed E-state index contributed by atoms with van der Waals surface area (Å²) in [6.45, 7) is 10.9. The van der Waals surface area contributed by atoms with Crippen LogP contribution in [0, 0.1) is 11.8 Å². The second-order valence-corrected chi connectivity index (χ2v) is 9.98. The van der Waals surface area contributed by atoms with Crippen LogP contribution in [0.2, 0.25) is 0 Å². The van der Waals surface area contributed by atoms with Crippen molar-refractivity contribution in [1.29, 1.82) is 0 Å². The Balaban J connectivity index is 1.94. The van der Waals surface area contributed by atoms with Gasteiger partial charge in [0.05, 0.1) is 11.2 Å². The SMILES string of the molecule is C[N-]C(C)(C)[C@@H]1CC[C@](C)([C@H]2CC[C@](C)([N-]C)[C@@H]3CCC(C)=C[C@@]32O)O1. The van der Waals surface area contributed by atoms with E-state index < -0.39 is 5.60 Å². The molecule has 4 heteroatoms. The summed E-state index contributed by atoms with van der Waals surface area (Å²) in [5.74, 6) is 0.286. The lowest BCUT2D eigenvalue weighted by Crippen LogP contribution is -2.63. The van der Waals surface area contributed by atoms with Gasteiger partial charge >= 0.3 is 0 Å². The van der Waals surface area contributed by atoms with Crippen molar-refractivity contribution in [2.45, 2.75) is 102 Å². The predicted molar refractivity (Wildman–Crippen MR) is 108 cm³/mol. The molecule has 1 N–H and O–H groups in total. The van der Waals surface area contributed by atoms with Gasteiger partial charge in [0.1, 0.15) is 0 Å². The molecule has 0 aromatic carbocycles. The largest absolute Gasteiger partial charge is 0.659 e. The fourth-order valence-corrected chi connectivity index (χ4v) is 5.99. The molecule has 1 heterocycles. The van der Waals surface area contributed by atoms with Crippen LogP contribution in [0.5, 0.6) is 0 Å². The zero-order valence-electron chi connectivity index (χ0n) is 17.8. The van der Waals surface area contributed by atoms with Crippen LogP contribution in [0.25, 0.3) is 10.6 Å². The van der Waals surface area contributed by atoms with E-state index in [0.29, 0.717) is 0 Å². The van der Waals surface area contributed by atoms with E-state index in [9.17, 15) is 5.11 Å². The number of aliphatic hydroxyl groups is 1. The van der Waals surface area contributed by atoms with Crippen molar-refractivity contribution >= 4 is 0 Å². The van der Waals surface area contributed by atoms with Gasteiger partial charge in [-0.25, -0.2) is 0 Å². The molecule has 2 fully saturated rings. The molecular formula is C22H38N2O2-2. The normalized spacial score (nSPS) is 46.8. The summed E-state index contributed by atoms with van der Waals surface area (Å²) in [6, 6.07) is 0. The van der Waals surface area contributed by atoms with Crippen LogP contribution in [-0.2, 0) is 4.74 Å². The maximum absolute atomic E-state index is 12.0. The van der Waals surface area contributed by atoms with E-state index in [4.69, 9.17) is 10.1 Å². The van der Waals surface area contributed by atoms with Crippen LogP contribution >= 0.6 is 0 Å². The summed E-state index contributed by atoms with van der Waals surface area (Å²) in [7, 11) is 3.80. The van der Waals surface area contributed by atoms with Gasteiger partial charge in [-0.1, -0.05) is 38.8 Å². The third-order valence-electron chi connectivity index (χ3n) is 8.04. The quantitative estimate of drug-likeness (QED) is 0.718. The summed E-state index contributed by atoms with van der Waals surface area (Å²) in [6.07, 6.45) is 8.34. The molecule has 4 nitrogen and oxygen atoms in total. The molecular weight excluding hydrogens is 324 g/mol. The van der Waals surface area contributed by atoms with E-state index >= 15 is 0 Å². The Bertz CT molecular complexity index is 574. The molecule has 0 amide bonds. The van der Waals surface area contributed by atoms with Gasteiger partial charge in [-0.2, -0.15) is 14.1 Å². The van der Waals surface area contributed by atoms with E-state index in [1.54, 1.807) is 0 Å². The Morgan fingerprint density at radius 3 is 2.42 bits per heavy atom. The highest BCUT2D eigenvalue weighted by Gasteiger charge is 2.59. The van der Waals surface area contributed by atoms with Crippen molar-refractivity contribution in [1.82, 2.24) is 0 Å². The van der Waals surface area contributed by atoms with Gasteiger partial charge < -0.3 is 20.5 Å². The van der Waals surface area contributed by atoms with Gasteiger partial charge in [-0.05, 0) is 51.9 Å². The third-order valence-corrected chi connectivity index (χ3v) is 8.04. The van der Waals surface area contributed by atoms with Crippen molar-refractivity contribution in [2.24, 2.45) is 11.8 Å². The highest BCUT2D eigenvalue weighted by Crippen LogP contribution is 2.58. The summed E-state index contributed by atoms with van der Waals surface area (Å²) in [5, 5.41) is 21.3. The minimum atomic E-state index is -0.827. The highest BCUT2D eigenvalue weighted by molar-refractivity contribution is 5.29. The molecule has 0 aromatic rings. The summed E-state index contributed by atoms with van der Waals surface area (Å²) >= 11 is 0. The maximum Gasteiger partial charge on any atom is 0.0902 e. The molecule has 2 aliphatic carbocycles. The molecule has 26 heavy (non-hydrogen) atoms. The van der Waals surface area contributed by atoms with Crippen LogP contribution in [0.15, 0.2) is 11.6 Å². The van der Waals surface area contributed by atoms with Gasteiger partial charge in [-0.3, -0.25) is 0 Å². The van der Waals surface area contributed by atoms with E-state index in [2.05, 4.69) is 46.0 Å². The number of fused-ring (bicyclic) bond motifs is 1. The molecule has 6 atom stereocenters. The number of allylic oxidation sites excluding steroid dienone is 1. The monoisotopic (exact) mass is 362 g/mol. The lowest BCUT2D eigenvalue weighted by atomic mass is 9.53. The molecule has 3 rings (SSSR count). The van der Waals surface area contributed by atoms with Crippen molar-refractivity contribution in [3.05, 3.63) is 22.3 Å². The van der Waals surface area contributed by atoms with E-state index in [0.717, 1.165) is 38.5 Å². The van der Waals surface area contributed by atoms with Gasteiger partial charge in [0.15, 0.2) is 0 Å². The summed E-state index contributed by atoms with van der Waals surface area (Å²) < 4.78 is 6.68. The number of hydrogen-bond donors (Lipinski definition) is 1. The molecule has 1 aliphatic heterocycles. The van der Waals surface area contributed by atoms with Crippen molar-refractivity contribution in [3.63, 3.8) is 0 Å². The van der Waals surface area contributed by atoms with Crippen molar-refractivity contribution < 1.29 is 9.84 Å². The average molecular weight is 363 g/mol. The number of hydrogen-bond acceptors (Lipinski definition) is 2. The lowest BCUT2D eigenvalue weighted by Gasteiger charge is -2.63. The fourth-order valence-electron chi connectivity index (χ4n) is 5.99. The summed E-state index contributed by atoms with van der Waals surface area (Å²) in [5.41, 5.74) is -0.153. The molecule has 0 spiro atoms. The smallest absolute Gasteiger partial charge is 0.0902 e. The first-order chi connectivity index (χ1) is 12.0. The molecule has 0 aromatic heterocycles. The Kier molecular flexibility index (Phi) is 5.14. The van der Waals surface area contributed by atoms with Gasteiger partial charge in [0.25, 0.3) is 0 Å². The fraction of sp³-hybridized carbons (Fsp3) is 0.909. The first-order valence-corrected chi connectivity index (χ1v) is 10.3. The zero-order chi connectivity index (χ0) is 19.4. The van der Waals surface area contributed by atoms with Crippen molar-refractivity contribution in [3.8, 4) is 0 Å². The van der Waals surface area contributed by atoms with Gasteiger partial charge in [-0.15, -0.1) is 11.1 Å². The van der Waals surface area contributed by atoms with Crippen LogP contribution in [-0.4, -0.2) is 47.6 Å². The van der Waals surface area contributed by atoms with Crippen LogP contribution in [0.4, 0.5) is 0 Å². The Morgan fingerprint density at radius 2 is 1.81 bits per heavy atom. The molecule has 1 saturated heterocycles. The molecule has 0 unspecified atom stereocenters. The average Bonchev–Trinajstić information content (AvgIpc) is 2.98. The minimum Gasteiger partial charge on any atom is -0.659 e. The highest BCUT2D eigenvalue weighted by atomic mass is 16.5. The van der Waals surface area contributed by atoms with Gasteiger partial charge in [0.2, 0.25) is 0 Å². The first kappa shape index (κ1) is 20.3. The Hall–Kier alpha value is -0.420. The van der Waals surface area contributed by atoms with E-state index in [-0.39, 0.29) is 34.6 Å². The zero-order valence-corrected chi connectivity index (χ0v) is 17.8. The topological polar surface area (TPSA) is 57.7 Å². The van der Waals surface area contributed by atoms with E-state index in [1.165, 1.54) is 5.57 Å². The number of rotatable bonds is 4. The lowest BCUT2D eigenvalue weighted by molar-refractivity contribution is -0.177. The predicted octanol–water partition coefficient (Wildman–Crippen LogP) is 4.97. The maximum atomic E-state index is 12.0. The number of likely N-dealkylation sites (N-methyl/N-ethyl adjacent to an activating group) is 1. The Morgan fingerprint density at radius 1 is 1.12 bits per heavy atom. The molecule has 0 radical (unpaired) electrons. The first-order valence-electron chi connectivity index (χ1n) is 10.3. The van der Waals surface area contributed by atoms with Gasteiger partial charge in [0, 0.05) is 12.0 Å². The van der Waals surface area contributed by atoms with Crippen LogP contribution in [0.3, 0.4) is 0 Å². The second kappa shape index (κ2) is 6.58. The number of ether oxygens (including phenoxy) is 1. The Labute approximate surface area is 160 Å². The van der Waals surface area contributed by atoms with Crippen molar-refractivity contribution in [2.75, 3.05) is 14.1 Å². The minimum absolute atomic E-state index is 0.114. The number of nitrogens with zero attached hydrogens (tertiary/aromatic N) is 2. The molecule has 1 saturated carbocycles.